The maximum atomic E-state index is 13.0. The van der Waals surface area contributed by atoms with E-state index in [1.165, 1.54) is 24.3 Å². The Bertz CT molecular complexity index is 671. The van der Waals surface area contributed by atoms with Crippen LogP contribution < -0.4 is 5.32 Å². The summed E-state index contributed by atoms with van der Waals surface area (Å²) in [6.45, 7) is 0. The van der Waals surface area contributed by atoms with Crippen LogP contribution in [0.1, 0.15) is 5.56 Å². The Labute approximate surface area is 125 Å². The van der Waals surface area contributed by atoms with Gasteiger partial charge in [-0.1, -0.05) is 35.3 Å². The van der Waals surface area contributed by atoms with Crippen molar-refractivity contribution in [1.29, 1.82) is 0 Å². The van der Waals surface area contributed by atoms with Crippen LogP contribution in [-0.4, -0.2) is 5.91 Å². The molecule has 0 bridgehead atoms. The van der Waals surface area contributed by atoms with E-state index in [9.17, 15) is 9.18 Å². The van der Waals surface area contributed by atoms with Crippen LogP contribution in [-0.2, 0) is 4.79 Å². The van der Waals surface area contributed by atoms with E-state index in [0.717, 1.165) is 5.56 Å². The largest absolute Gasteiger partial charge is 0.322 e. The molecule has 0 spiro atoms. The van der Waals surface area contributed by atoms with Crippen LogP contribution in [0.4, 0.5) is 10.1 Å². The number of carbonyl (C=O) groups is 1. The minimum absolute atomic E-state index is 0.0402. The molecule has 0 atom stereocenters. The standard InChI is InChI=1S/C15H10Cl2FNO/c16-11-3-1-2-10(8-11)4-7-15(20)19-12-5-6-14(18)13(17)9-12/h1-9H,(H,19,20)/b7-4+. The lowest BCUT2D eigenvalue weighted by Crippen LogP contribution is -2.07. The monoisotopic (exact) mass is 309 g/mol. The Morgan fingerprint density at radius 2 is 1.95 bits per heavy atom. The van der Waals surface area contributed by atoms with Gasteiger partial charge in [-0.15, -0.1) is 0 Å². The molecule has 2 rings (SSSR count). The van der Waals surface area contributed by atoms with Crippen LogP contribution >= 0.6 is 23.2 Å². The Morgan fingerprint density at radius 3 is 2.65 bits per heavy atom. The van der Waals surface area contributed by atoms with Gasteiger partial charge in [0, 0.05) is 16.8 Å². The van der Waals surface area contributed by atoms with Crippen LogP contribution in [0.5, 0.6) is 0 Å². The van der Waals surface area contributed by atoms with Gasteiger partial charge in [0.1, 0.15) is 5.82 Å². The second kappa shape index (κ2) is 6.55. The smallest absolute Gasteiger partial charge is 0.248 e. The third-order valence-corrected chi connectivity index (χ3v) is 2.99. The molecule has 5 heteroatoms. The van der Waals surface area contributed by atoms with E-state index in [1.807, 2.05) is 6.07 Å². The number of halogens is 3. The molecule has 0 aliphatic rings. The van der Waals surface area contributed by atoms with Gasteiger partial charge in [0.25, 0.3) is 0 Å². The van der Waals surface area contributed by atoms with Crippen molar-refractivity contribution in [3.63, 3.8) is 0 Å². The van der Waals surface area contributed by atoms with Crippen molar-refractivity contribution in [2.75, 3.05) is 5.32 Å². The number of hydrogen-bond donors (Lipinski definition) is 1. The van der Waals surface area contributed by atoms with Gasteiger partial charge in [0.2, 0.25) is 5.91 Å². The molecule has 2 aromatic rings. The van der Waals surface area contributed by atoms with E-state index in [1.54, 1.807) is 24.3 Å². The van der Waals surface area contributed by atoms with Gasteiger partial charge in [0.15, 0.2) is 0 Å². The summed E-state index contributed by atoms with van der Waals surface area (Å²) < 4.78 is 13.0. The molecule has 0 aliphatic heterocycles. The quantitative estimate of drug-likeness (QED) is 0.812. The molecule has 0 unspecified atom stereocenters. The van der Waals surface area contributed by atoms with E-state index in [-0.39, 0.29) is 10.9 Å². The molecule has 0 radical (unpaired) electrons. The van der Waals surface area contributed by atoms with Crippen LogP contribution in [0.25, 0.3) is 6.08 Å². The van der Waals surface area contributed by atoms with Crippen LogP contribution in [0.2, 0.25) is 10.0 Å². The van der Waals surface area contributed by atoms with Crippen molar-refractivity contribution in [3.8, 4) is 0 Å². The van der Waals surface area contributed by atoms with E-state index < -0.39 is 5.82 Å². The van der Waals surface area contributed by atoms with Crippen molar-refractivity contribution in [1.82, 2.24) is 0 Å². The molecule has 20 heavy (non-hydrogen) atoms. The van der Waals surface area contributed by atoms with Crippen molar-refractivity contribution < 1.29 is 9.18 Å². The van der Waals surface area contributed by atoms with Crippen molar-refractivity contribution in [2.24, 2.45) is 0 Å². The summed E-state index contributed by atoms with van der Waals surface area (Å²) in [5.41, 5.74) is 1.24. The Morgan fingerprint density at radius 1 is 1.15 bits per heavy atom. The molecule has 0 aliphatic carbocycles. The first kappa shape index (κ1) is 14.6. The van der Waals surface area contributed by atoms with E-state index >= 15 is 0 Å². The van der Waals surface area contributed by atoms with Gasteiger partial charge in [-0.2, -0.15) is 0 Å². The summed E-state index contributed by atoms with van der Waals surface area (Å²) in [4.78, 5) is 11.7. The Hall–Kier alpha value is -1.84. The minimum atomic E-state index is -0.529. The predicted molar refractivity (Wildman–Crippen MR) is 80.5 cm³/mol. The topological polar surface area (TPSA) is 29.1 Å². The number of benzene rings is 2. The zero-order valence-electron chi connectivity index (χ0n) is 10.2. The minimum Gasteiger partial charge on any atom is -0.322 e. The molecule has 0 saturated heterocycles. The van der Waals surface area contributed by atoms with Gasteiger partial charge in [-0.25, -0.2) is 4.39 Å². The molecule has 2 aromatic carbocycles. The van der Waals surface area contributed by atoms with Gasteiger partial charge in [-0.3, -0.25) is 4.79 Å². The molecule has 2 nitrogen and oxygen atoms in total. The van der Waals surface area contributed by atoms with Crippen LogP contribution in [0.3, 0.4) is 0 Å². The van der Waals surface area contributed by atoms with Gasteiger partial charge in [-0.05, 0) is 42.0 Å². The summed E-state index contributed by atoms with van der Waals surface area (Å²) in [6.07, 6.45) is 3.00. The summed E-state index contributed by atoms with van der Waals surface area (Å²) in [5.74, 6) is -0.869. The summed E-state index contributed by atoms with van der Waals surface area (Å²) in [7, 11) is 0. The molecule has 0 aromatic heterocycles. The van der Waals surface area contributed by atoms with E-state index in [2.05, 4.69) is 5.32 Å². The fourth-order valence-electron chi connectivity index (χ4n) is 1.54. The zero-order valence-corrected chi connectivity index (χ0v) is 11.8. The molecule has 0 saturated carbocycles. The second-order valence-corrected chi connectivity index (χ2v) is 4.85. The third kappa shape index (κ3) is 4.08. The number of rotatable bonds is 3. The third-order valence-electron chi connectivity index (χ3n) is 2.46. The van der Waals surface area contributed by atoms with Gasteiger partial charge >= 0.3 is 0 Å². The molecule has 0 heterocycles. The highest BCUT2D eigenvalue weighted by molar-refractivity contribution is 6.31. The lowest BCUT2D eigenvalue weighted by Gasteiger charge is -2.03. The molecule has 102 valence electrons. The van der Waals surface area contributed by atoms with Crippen molar-refractivity contribution in [2.45, 2.75) is 0 Å². The summed E-state index contributed by atoms with van der Waals surface area (Å²) in [6, 6.07) is 11.1. The first-order valence-electron chi connectivity index (χ1n) is 5.74. The molecular weight excluding hydrogens is 300 g/mol. The normalized spacial score (nSPS) is 10.8. The SMILES string of the molecule is O=C(/C=C/c1cccc(Cl)c1)Nc1ccc(F)c(Cl)c1. The molecular formula is C15H10Cl2FNO. The highest BCUT2D eigenvalue weighted by Crippen LogP contribution is 2.19. The number of nitrogens with one attached hydrogen (secondary N) is 1. The Kier molecular flexibility index (Phi) is 4.77. The summed E-state index contributed by atoms with van der Waals surface area (Å²) in [5, 5.41) is 3.14. The Balaban J connectivity index is 2.03. The fourth-order valence-corrected chi connectivity index (χ4v) is 1.92. The van der Waals surface area contributed by atoms with Crippen LogP contribution in [0.15, 0.2) is 48.5 Å². The van der Waals surface area contributed by atoms with Crippen molar-refractivity contribution in [3.05, 3.63) is 70.0 Å². The van der Waals surface area contributed by atoms with E-state index in [4.69, 9.17) is 23.2 Å². The number of anilines is 1. The molecule has 1 amide bonds. The van der Waals surface area contributed by atoms with E-state index in [0.29, 0.717) is 10.7 Å². The number of carbonyl (C=O) groups excluding carboxylic acids is 1. The lowest BCUT2D eigenvalue weighted by molar-refractivity contribution is -0.111. The predicted octanol–water partition coefficient (Wildman–Crippen LogP) is 4.78. The molecule has 1 N–H and O–H groups in total. The highest BCUT2D eigenvalue weighted by Gasteiger charge is 2.02. The van der Waals surface area contributed by atoms with Crippen molar-refractivity contribution >= 4 is 40.9 Å². The average Bonchev–Trinajstić information content (AvgIpc) is 2.41. The maximum Gasteiger partial charge on any atom is 0.248 e. The van der Waals surface area contributed by atoms with Gasteiger partial charge in [0.05, 0.1) is 5.02 Å². The highest BCUT2D eigenvalue weighted by atomic mass is 35.5. The maximum absolute atomic E-state index is 13.0. The lowest BCUT2D eigenvalue weighted by atomic mass is 10.2. The van der Waals surface area contributed by atoms with Gasteiger partial charge < -0.3 is 5.32 Å². The zero-order chi connectivity index (χ0) is 14.5. The number of hydrogen-bond acceptors (Lipinski definition) is 1. The first-order valence-corrected chi connectivity index (χ1v) is 6.50. The summed E-state index contributed by atoms with van der Waals surface area (Å²) >= 11 is 11.5. The van der Waals surface area contributed by atoms with Crippen LogP contribution in [0, 0.1) is 5.82 Å². The fraction of sp³-hybridized carbons (Fsp3) is 0. The average molecular weight is 310 g/mol. The number of amides is 1. The first-order chi connectivity index (χ1) is 9.54. The molecule has 0 fully saturated rings. The second-order valence-electron chi connectivity index (χ2n) is 4.01.